The van der Waals surface area contributed by atoms with Crippen LogP contribution >= 0.6 is 0 Å². The zero-order valence-corrected chi connectivity index (χ0v) is 12.8. The summed E-state index contributed by atoms with van der Waals surface area (Å²) in [6, 6.07) is 6.56. The fraction of sp³-hybridized carbons (Fsp3) is 0.500. The molecular weight excluding hydrogens is 286 g/mol. The summed E-state index contributed by atoms with van der Waals surface area (Å²) in [5.41, 5.74) is 0.693. The van der Waals surface area contributed by atoms with E-state index in [1.165, 1.54) is 6.07 Å². The first kappa shape index (κ1) is 16.5. The van der Waals surface area contributed by atoms with E-state index >= 15 is 0 Å². The van der Waals surface area contributed by atoms with E-state index in [-0.39, 0.29) is 30.0 Å². The third-order valence-electron chi connectivity index (χ3n) is 3.98. The van der Waals surface area contributed by atoms with Crippen molar-refractivity contribution in [1.82, 2.24) is 4.90 Å². The zero-order valence-electron chi connectivity index (χ0n) is 12.8. The van der Waals surface area contributed by atoms with Gasteiger partial charge in [0.2, 0.25) is 5.91 Å². The SMILES string of the molecule is COC[C@@H]1C[C@H](OC)CN1C(=O)Cc1ccccc1C(=O)O. The van der Waals surface area contributed by atoms with Crippen LogP contribution in [0.3, 0.4) is 0 Å². The van der Waals surface area contributed by atoms with Crippen LogP contribution in [0.25, 0.3) is 0 Å². The van der Waals surface area contributed by atoms with E-state index in [1.807, 2.05) is 0 Å². The van der Waals surface area contributed by atoms with Crippen LogP contribution in [0.4, 0.5) is 0 Å². The number of methoxy groups -OCH3 is 2. The highest BCUT2D eigenvalue weighted by molar-refractivity contribution is 5.91. The maximum Gasteiger partial charge on any atom is 0.335 e. The minimum Gasteiger partial charge on any atom is -0.478 e. The van der Waals surface area contributed by atoms with Crippen molar-refractivity contribution in [2.24, 2.45) is 0 Å². The third-order valence-corrected chi connectivity index (χ3v) is 3.98. The quantitative estimate of drug-likeness (QED) is 0.854. The van der Waals surface area contributed by atoms with Crippen LogP contribution in [0.5, 0.6) is 0 Å². The van der Waals surface area contributed by atoms with Crippen molar-refractivity contribution < 1.29 is 24.2 Å². The number of rotatable bonds is 6. The monoisotopic (exact) mass is 307 g/mol. The Balaban J connectivity index is 2.12. The van der Waals surface area contributed by atoms with E-state index in [2.05, 4.69) is 0 Å². The van der Waals surface area contributed by atoms with Gasteiger partial charge in [0.15, 0.2) is 0 Å². The molecule has 0 aliphatic carbocycles. The van der Waals surface area contributed by atoms with Gasteiger partial charge in [0.25, 0.3) is 0 Å². The highest BCUT2D eigenvalue weighted by Gasteiger charge is 2.35. The fourth-order valence-electron chi connectivity index (χ4n) is 2.85. The second-order valence-corrected chi connectivity index (χ2v) is 5.39. The summed E-state index contributed by atoms with van der Waals surface area (Å²) in [7, 11) is 3.23. The van der Waals surface area contributed by atoms with Crippen LogP contribution in [-0.2, 0) is 20.7 Å². The summed E-state index contributed by atoms with van der Waals surface area (Å²) < 4.78 is 10.5. The first-order valence-corrected chi connectivity index (χ1v) is 7.19. The van der Waals surface area contributed by atoms with E-state index in [0.29, 0.717) is 18.7 Å². The van der Waals surface area contributed by atoms with Gasteiger partial charge < -0.3 is 19.5 Å². The summed E-state index contributed by atoms with van der Waals surface area (Å²) in [6.45, 7) is 0.963. The summed E-state index contributed by atoms with van der Waals surface area (Å²) in [4.78, 5) is 25.5. The number of nitrogens with zero attached hydrogens (tertiary/aromatic N) is 1. The van der Waals surface area contributed by atoms with Crippen molar-refractivity contribution in [3.8, 4) is 0 Å². The Morgan fingerprint density at radius 1 is 1.32 bits per heavy atom. The van der Waals surface area contributed by atoms with Gasteiger partial charge in [-0.15, -0.1) is 0 Å². The summed E-state index contributed by atoms with van der Waals surface area (Å²) in [6.07, 6.45) is 0.800. The van der Waals surface area contributed by atoms with Gasteiger partial charge in [-0.1, -0.05) is 18.2 Å². The lowest BCUT2D eigenvalue weighted by Gasteiger charge is -2.24. The van der Waals surface area contributed by atoms with Gasteiger partial charge in [-0.2, -0.15) is 0 Å². The molecule has 0 spiro atoms. The Bertz CT molecular complexity index is 545. The maximum atomic E-state index is 12.6. The molecule has 1 aliphatic heterocycles. The number of aromatic carboxylic acids is 1. The van der Waals surface area contributed by atoms with Crippen molar-refractivity contribution in [1.29, 1.82) is 0 Å². The van der Waals surface area contributed by atoms with E-state index in [0.717, 1.165) is 6.42 Å². The molecule has 0 saturated carbocycles. The van der Waals surface area contributed by atoms with E-state index < -0.39 is 5.97 Å². The first-order valence-electron chi connectivity index (χ1n) is 7.19. The van der Waals surface area contributed by atoms with Crippen molar-refractivity contribution in [3.05, 3.63) is 35.4 Å². The molecule has 2 rings (SSSR count). The summed E-state index contributed by atoms with van der Waals surface area (Å²) >= 11 is 0. The molecule has 0 aromatic heterocycles. The molecule has 1 fully saturated rings. The van der Waals surface area contributed by atoms with Crippen LogP contribution in [0.2, 0.25) is 0 Å². The highest BCUT2D eigenvalue weighted by atomic mass is 16.5. The van der Waals surface area contributed by atoms with Crippen LogP contribution in [0.1, 0.15) is 22.3 Å². The molecule has 2 atom stereocenters. The number of hydrogen-bond donors (Lipinski definition) is 1. The second-order valence-electron chi connectivity index (χ2n) is 5.39. The molecule has 1 aromatic carbocycles. The van der Waals surface area contributed by atoms with Gasteiger partial charge in [0.05, 0.1) is 30.7 Å². The number of carboxylic acids is 1. The highest BCUT2D eigenvalue weighted by Crippen LogP contribution is 2.22. The Labute approximate surface area is 129 Å². The number of carbonyl (C=O) groups excluding carboxylic acids is 1. The van der Waals surface area contributed by atoms with Gasteiger partial charge in [-0.25, -0.2) is 4.79 Å². The Morgan fingerprint density at radius 2 is 2.05 bits per heavy atom. The molecule has 0 unspecified atom stereocenters. The Hall–Kier alpha value is -1.92. The lowest BCUT2D eigenvalue weighted by molar-refractivity contribution is -0.132. The third kappa shape index (κ3) is 3.64. The molecule has 6 nitrogen and oxygen atoms in total. The number of amides is 1. The molecule has 1 amide bonds. The minimum absolute atomic E-state index is 0.00109. The van der Waals surface area contributed by atoms with Crippen molar-refractivity contribution in [2.75, 3.05) is 27.4 Å². The van der Waals surface area contributed by atoms with Crippen LogP contribution in [0.15, 0.2) is 24.3 Å². The number of likely N-dealkylation sites (tertiary alicyclic amines) is 1. The predicted molar refractivity (Wildman–Crippen MR) is 79.9 cm³/mol. The number of carboxylic acid groups (broad SMARTS) is 1. The van der Waals surface area contributed by atoms with Crippen molar-refractivity contribution in [3.63, 3.8) is 0 Å². The smallest absolute Gasteiger partial charge is 0.335 e. The van der Waals surface area contributed by atoms with Gasteiger partial charge in [0.1, 0.15) is 0 Å². The molecule has 0 radical (unpaired) electrons. The molecule has 6 heteroatoms. The van der Waals surface area contributed by atoms with Crippen molar-refractivity contribution >= 4 is 11.9 Å². The fourth-order valence-corrected chi connectivity index (χ4v) is 2.85. The van der Waals surface area contributed by atoms with Gasteiger partial charge in [0, 0.05) is 20.8 Å². The summed E-state index contributed by atoms with van der Waals surface area (Å²) in [5, 5.41) is 9.20. The van der Waals surface area contributed by atoms with Crippen molar-refractivity contribution in [2.45, 2.75) is 25.0 Å². The molecule has 1 aromatic rings. The molecule has 1 saturated heterocycles. The molecule has 1 heterocycles. The largest absolute Gasteiger partial charge is 0.478 e. The lowest BCUT2D eigenvalue weighted by Crippen LogP contribution is -2.39. The standard InChI is InChI=1S/C16H21NO5/c1-21-10-12-8-13(22-2)9-17(12)15(18)7-11-5-3-4-6-14(11)16(19)20/h3-6,12-13H,7-10H2,1-2H3,(H,19,20)/t12-,13-/m0/s1. The van der Waals surface area contributed by atoms with Crippen LogP contribution in [-0.4, -0.2) is 61.4 Å². The maximum absolute atomic E-state index is 12.6. The van der Waals surface area contributed by atoms with Gasteiger partial charge in [-0.05, 0) is 18.1 Å². The number of carbonyl (C=O) groups is 2. The van der Waals surface area contributed by atoms with E-state index in [9.17, 15) is 14.7 Å². The lowest BCUT2D eigenvalue weighted by atomic mass is 10.0. The molecule has 1 aliphatic rings. The molecule has 0 bridgehead atoms. The second kappa shape index (κ2) is 7.38. The minimum atomic E-state index is -1.02. The average Bonchev–Trinajstić information content (AvgIpc) is 2.91. The topological polar surface area (TPSA) is 76.1 Å². The number of ether oxygens (including phenoxy) is 2. The molecule has 1 N–H and O–H groups in total. The number of benzene rings is 1. The summed E-state index contributed by atoms with van der Waals surface area (Å²) in [5.74, 6) is -1.12. The van der Waals surface area contributed by atoms with Crippen LogP contribution in [0, 0.1) is 0 Å². The normalized spacial score (nSPS) is 21.1. The van der Waals surface area contributed by atoms with Gasteiger partial charge >= 0.3 is 5.97 Å². The van der Waals surface area contributed by atoms with Gasteiger partial charge in [-0.3, -0.25) is 4.79 Å². The van der Waals surface area contributed by atoms with Crippen LogP contribution < -0.4 is 0 Å². The predicted octanol–water partition coefficient (Wildman–Crippen LogP) is 1.19. The number of hydrogen-bond acceptors (Lipinski definition) is 4. The average molecular weight is 307 g/mol. The Morgan fingerprint density at radius 3 is 2.68 bits per heavy atom. The van der Waals surface area contributed by atoms with E-state index in [1.54, 1.807) is 37.3 Å². The molecule has 22 heavy (non-hydrogen) atoms. The molecular formula is C16H21NO5. The Kier molecular flexibility index (Phi) is 5.51. The first-order chi connectivity index (χ1) is 10.6. The zero-order chi connectivity index (χ0) is 16.1. The van der Waals surface area contributed by atoms with E-state index in [4.69, 9.17) is 9.47 Å². The molecule has 120 valence electrons.